The van der Waals surface area contributed by atoms with Crippen molar-refractivity contribution in [3.8, 4) is 0 Å². The molecule has 0 unspecified atom stereocenters. The lowest BCUT2D eigenvalue weighted by atomic mass is 10.2. The molecule has 0 aliphatic rings. The molecule has 2 aromatic rings. The van der Waals surface area contributed by atoms with Crippen LogP contribution in [-0.4, -0.2) is 42.9 Å². The Balaban J connectivity index is 1.92. The van der Waals surface area contributed by atoms with Crippen LogP contribution in [0.25, 0.3) is 0 Å². The highest BCUT2D eigenvalue weighted by atomic mass is 32.1. The number of rotatable bonds is 8. The first-order valence-corrected chi connectivity index (χ1v) is 8.97. The van der Waals surface area contributed by atoms with E-state index in [2.05, 4.69) is 29.4 Å². The van der Waals surface area contributed by atoms with Crippen LogP contribution in [0.5, 0.6) is 0 Å². The molecule has 0 atom stereocenters. The number of amides is 2. The quantitative estimate of drug-likeness (QED) is 0.773. The molecule has 0 radical (unpaired) electrons. The Bertz CT molecular complexity index is 667. The summed E-state index contributed by atoms with van der Waals surface area (Å²) in [7, 11) is 0. The molecule has 24 heavy (non-hydrogen) atoms. The van der Waals surface area contributed by atoms with Crippen molar-refractivity contribution in [2.24, 2.45) is 0 Å². The van der Waals surface area contributed by atoms with Crippen molar-refractivity contribution in [3.63, 3.8) is 0 Å². The highest BCUT2D eigenvalue weighted by molar-refractivity contribution is 7.12. The lowest BCUT2D eigenvalue weighted by Gasteiger charge is -2.18. The molecule has 0 saturated carbocycles. The van der Waals surface area contributed by atoms with Gasteiger partial charge in [0.15, 0.2) is 0 Å². The molecule has 0 fully saturated rings. The van der Waals surface area contributed by atoms with Crippen molar-refractivity contribution in [1.82, 2.24) is 10.2 Å². The number of anilines is 1. The first kappa shape index (κ1) is 18.2. The Morgan fingerprint density at radius 2 is 1.88 bits per heavy atom. The average molecular weight is 345 g/mol. The van der Waals surface area contributed by atoms with Crippen LogP contribution in [-0.2, 0) is 0 Å². The summed E-state index contributed by atoms with van der Waals surface area (Å²) in [6.07, 6.45) is 0. The van der Waals surface area contributed by atoms with Gasteiger partial charge in [-0.05, 0) is 42.7 Å². The van der Waals surface area contributed by atoms with Gasteiger partial charge >= 0.3 is 0 Å². The van der Waals surface area contributed by atoms with Gasteiger partial charge in [0.1, 0.15) is 0 Å². The molecule has 0 bridgehead atoms. The minimum atomic E-state index is -0.163. The fraction of sp³-hybridized carbons (Fsp3) is 0.333. The van der Waals surface area contributed by atoms with Crippen molar-refractivity contribution in [3.05, 3.63) is 52.2 Å². The van der Waals surface area contributed by atoms with Crippen molar-refractivity contribution in [2.75, 3.05) is 31.5 Å². The summed E-state index contributed by atoms with van der Waals surface area (Å²) < 4.78 is 0. The van der Waals surface area contributed by atoms with E-state index in [4.69, 9.17) is 0 Å². The van der Waals surface area contributed by atoms with E-state index in [1.807, 2.05) is 11.4 Å². The molecule has 2 rings (SSSR count). The molecule has 5 nitrogen and oxygen atoms in total. The first-order chi connectivity index (χ1) is 11.6. The number of nitrogens with one attached hydrogen (secondary N) is 2. The van der Waals surface area contributed by atoms with Gasteiger partial charge in [-0.1, -0.05) is 26.0 Å². The van der Waals surface area contributed by atoms with E-state index in [1.165, 1.54) is 11.3 Å². The maximum absolute atomic E-state index is 12.2. The number of likely N-dealkylation sites (N-methyl/N-ethyl adjacent to an activating group) is 1. The van der Waals surface area contributed by atoms with Gasteiger partial charge in [0.25, 0.3) is 11.8 Å². The van der Waals surface area contributed by atoms with Crippen LogP contribution in [0, 0.1) is 0 Å². The monoisotopic (exact) mass is 345 g/mol. The van der Waals surface area contributed by atoms with Crippen LogP contribution in [0.3, 0.4) is 0 Å². The molecule has 1 heterocycles. The molecular weight excluding hydrogens is 322 g/mol. The standard InChI is InChI=1S/C18H23N3O2S/c1-3-21(4-2)11-10-19-17(22)14-7-5-8-15(13-14)20-18(23)16-9-6-12-24-16/h5-9,12-13H,3-4,10-11H2,1-2H3,(H,19,22)(H,20,23). The van der Waals surface area contributed by atoms with E-state index < -0.39 is 0 Å². The fourth-order valence-electron chi connectivity index (χ4n) is 2.31. The summed E-state index contributed by atoms with van der Waals surface area (Å²) in [5.74, 6) is -0.293. The number of carbonyl (C=O) groups is 2. The van der Waals surface area contributed by atoms with Crippen molar-refractivity contribution in [2.45, 2.75) is 13.8 Å². The van der Waals surface area contributed by atoms with Gasteiger partial charge in [-0.2, -0.15) is 0 Å². The molecular formula is C18H23N3O2S. The summed E-state index contributed by atoms with van der Waals surface area (Å²) in [6.45, 7) is 7.57. The molecule has 6 heteroatoms. The zero-order valence-corrected chi connectivity index (χ0v) is 14.9. The zero-order chi connectivity index (χ0) is 17.4. The fourth-order valence-corrected chi connectivity index (χ4v) is 2.93. The third-order valence-electron chi connectivity index (χ3n) is 3.74. The molecule has 0 aliphatic carbocycles. The molecule has 1 aromatic heterocycles. The molecule has 0 aliphatic heterocycles. The highest BCUT2D eigenvalue weighted by Gasteiger charge is 2.10. The number of benzene rings is 1. The maximum Gasteiger partial charge on any atom is 0.265 e. The third-order valence-corrected chi connectivity index (χ3v) is 4.60. The third kappa shape index (κ3) is 5.18. The van der Waals surface area contributed by atoms with Gasteiger partial charge in [-0.25, -0.2) is 0 Å². The number of thiophene rings is 1. The van der Waals surface area contributed by atoms with E-state index in [-0.39, 0.29) is 11.8 Å². The summed E-state index contributed by atoms with van der Waals surface area (Å²) in [4.78, 5) is 27.2. The van der Waals surface area contributed by atoms with Gasteiger partial charge in [-0.15, -0.1) is 11.3 Å². The van der Waals surface area contributed by atoms with Crippen LogP contribution in [0.1, 0.15) is 33.9 Å². The molecule has 1 aromatic carbocycles. The smallest absolute Gasteiger partial charge is 0.265 e. The van der Waals surface area contributed by atoms with E-state index in [0.717, 1.165) is 19.6 Å². The average Bonchev–Trinajstić information content (AvgIpc) is 3.13. The lowest BCUT2D eigenvalue weighted by Crippen LogP contribution is -2.34. The van der Waals surface area contributed by atoms with Gasteiger partial charge in [-0.3, -0.25) is 9.59 Å². The largest absolute Gasteiger partial charge is 0.351 e. The normalized spacial score (nSPS) is 10.6. The van der Waals surface area contributed by atoms with E-state index in [9.17, 15) is 9.59 Å². The van der Waals surface area contributed by atoms with Gasteiger partial charge in [0.2, 0.25) is 0 Å². The molecule has 2 N–H and O–H groups in total. The molecule has 2 amide bonds. The number of carbonyl (C=O) groups excluding carboxylic acids is 2. The van der Waals surface area contributed by atoms with Crippen LogP contribution in [0.4, 0.5) is 5.69 Å². The Morgan fingerprint density at radius 1 is 1.08 bits per heavy atom. The lowest BCUT2D eigenvalue weighted by molar-refractivity contribution is 0.0947. The molecule has 0 spiro atoms. The second-order valence-corrected chi connectivity index (χ2v) is 6.24. The molecule has 128 valence electrons. The first-order valence-electron chi connectivity index (χ1n) is 8.09. The number of nitrogens with zero attached hydrogens (tertiary/aromatic N) is 1. The highest BCUT2D eigenvalue weighted by Crippen LogP contribution is 2.14. The predicted octanol–water partition coefficient (Wildman–Crippen LogP) is 3.07. The Hall–Kier alpha value is -2.18. The topological polar surface area (TPSA) is 61.4 Å². The Kier molecular flexibility index (Phi) is 6.96. The number of hydrogen-bond donors (Lipinski definition) is 2. The van der Waals surface area contributed by atoms with Crippen LogP contribution in [0.15, 0.2) is 41.8 Å². The van der Waals surface area contributed by atoms with Crippen LogP contribution < -0.4 is 10.6 Å². The zero-order valence-electron chi connectivity index (χ0n) is 14.0. The summed E-state index contributed by atoms with van der Waals surface area (Å²) in [5.41, 5.74) is 1.16. The predicted molar refractivity (Wildman–Crippen MR) is 98.8 cm³/mol. The minimum Gasteiger partial charge on any atom is -0.351 e. The summed E-state index contributed by atoms with van der Waals surface area (Å²) in [6, 6.07) is 10.6. The Labute approximate surface area is 146 Å². The van der Waals surface area contributed by atoms with Gasteiger partial charge < -0.3 is 15.5 Å². The van der Waals surface area contributed by atoms with Gasteiger partial charge in [0.05, 0.1) is 4.88 Å². The van der Waals surface area contributed by atoms with Crippen molar-refractivity contribution >= 4 is 28.8 Å². The van der Waals surface area contributed by atoms with Crippen LogP contribution >= 0.6 is 11.3 Å². The van der Waals surface area contributed by atoms with Crippen molar-refractivity contribution in [1.29, 1.82) is 0 Å². The second kappa shape index (κ2) is 9.20. The SMILES string of the molecule is CCN(CC)CCNC(=O)c1cccc(NC(=O)c2cccs2)c1. The summed E-state index contributed by atoms with van der Waals surface area (Å²) in [5, 5.41) is 7.59. The van der Waals surface area contributed by atoms with E-state index in [1.54, 1.807) is 30.3 Å². The minimum absolute atomic E-state index is 0.130. The van der Waals surface area contributed by atoms with Crippen LogP contribution in [0.2, 0.25) is 0 Å². The summed E-state index contributed by atoms with van der Waals surface area (Å²) >= 11 is 1.38. The maximum atomic E-state index is 12.2. The van der Waals surface area contributed by atoms with Crippen molar-refractivity contribution < 1.29 is 9.59 Å². The second-order valence-electron chi connectivity index (χ2n) is 5.30. The molecule has 0 saturated heterocycles. The van der Waals surface area contributed by atoms with Gasteiger partial charge in [0, 0.05) is 24.3 Å². The van der Waals surface area contributed by atoms with E-state index >= 15 is 0 Å². The van der Waals surface area contributed by atoms with E-state index in [0.29, 0.717) is 22.7 Å². The Morgan fingerprint density at radius 3 is 2.54 bits per heavy atom. The number of hydrogen-bond acceptors (Lipinski definition) is 4.